The topological polar surface area (TPSA) is 105 Å². The summed E-state index contributed by atoms with van der Waals surface area (Å²) in [4.78, 5) is 3.74. The molecule has 1 rings (SSSR count). The van der Waals surface area contributed by atoms with E-state index in [1.807, 2.05) is 0 Å². The largest absolute Gasteiger partial charge is 0.387 e. The zero-order valence-corrected chi connectivity index (χ0v) is 9.32. The maximum Gasteiger partial charge on any atom is 0.262 e. The van der Waals surface area contributed by atoms with Gasteiger partial charge < -0.3 is 10.3 Å². The lowest BCUT2D eigenvalue weighted by molar-refractivity contribution is 0.501. The molecule has 15 heavy (non-hydrogen) atoms. The summed E-state index contributed by atoms with van der Waals surface area (Å²) in [7, 11) is -0.602. The van der Waals surface area contributed by atoms with Gasteiger partial charge in [0.2, 0.25) is 0 Å². The molecule has 84 valence electrons. The predicted molar refractivity (Wildman–Crippen MR) is 54.9 cm³/mol. The van der Waals surface area contributed by atoms with Crippen molar-refractivity contribution in [1.29, 1.82) is 5.41 Å². The summed E-state index contributed by atoms with van der Waals surface area (Å²) >= 11 is 0. The second-order valence-electron chi connectivity index (χ2n) is 3.16. The molecule has 7 nitrogen and oxygen atoms in total. The number of imidazole rings is 1. The number of likely N-dealkylation sites (N-methyl/N-ethyl adjacent to an activating group) is 1. The lowest BCUT2D eigenvalue weighted by atomic mass is 10.6. The van der Waals surface area contributed by atoms with Gasteiger partial charge >= 0.3 is 0 Å². The van der Waals surface area contributed by atoms with Gasteiger partial charge in [0.05, 0.1) is 12.9 Å². The smallest absolute Gasteiger partial charge is 0.262 e. The van der Waals surface area contributed by atoms with E-state index in [1.165, 1.54) is 24.1 Å². The van der Waals surface area contributed by atoms with E-state index in [0.29, 0.717) is 0 Å². The summed E-state index contributed by atoms with van der Waals surface area (Å²) in [6, 6.07) is 0. The molecule has 0 atom stereocenters. The number of aromatic nitrogens is 2. The molecule has 0 saturated heterocycles. The van der Waals surface area contributed by atoms with Crippen LogP contribution in [0.4, 0.5) is 0 Å². The Labute approximate surface area is 88.1 Å². The number of sulfonamides is 1. The highest BCUT2D eigenvalue weighted by atomic mass is 32.2. The van der Waals surface area contributed by atoms with Crippen LogP contribution in [0.25, 0.3) is 0 Å². The molecule has 0 aromatic carbocycles. The highest BCUT2D eigenvalue weighted by Gasteiger charge is 2.23. The van der Waals surface area contributed by atoms with Gasteiger partial charge in [-0.25, -0.2) is 13.4 Å². The third kappa shape index (κ3) is 2.54. The average molecular weight is 231 g/mol. The molecule has 8 heteroatoms. The molecule has 0 bridgehead atoms. The zero-order valence-electron chi connectivity index (χ0n) is 8.51. The first-order valence-corrected chi connectivity index (χ1v) is 5.55. The van der Waals surface area contributed by atoms with Crippen LogP contribution in [0.1, 0.15) is 0 Å². The van der Waals surface area contributed by atoms with Gasteiger partial charge in [-0.15, -0.1) is 0 Å². The van der Waals surface area contributed by atoms with Crippen LogP contribution in [0.3, 0.4) is 0 Å². The second-order valence-corrected chi connectivity index (χ2v) is 5.16. The predicted octanol–water partition coefficient (Wildman–Crippen LogP) is -1.02. The van der Waals surface area contributed by atoms with Gasteiger partial charge in [0.25, 0.3) is 10.0 Å². The Morgan fingerprint density at radius 2 is 2.33 bits per heavy atom. The van der Waals surface area contributed by atoms with Crippen molar-refractivity contribution in [1.82, 2.24) is 13.9 Å². The van der Waals surface area contributed by atoms with Gasteiger partial charge in [-0.05, 0) is 0 Å². The highest BCUT2D eigenvalue weighted by Crippen LogP contribution is 2.10. The quantitative estimate of drug-likeness (QED) is 0.511. The number of nitrogens with zero attached hydrogens (tertiary/aromatic N) is 3. The van der Waals surface area contributed by atoms with Crippen molar-refractivity contribution in [2.45, 2.75) is 5.03 Å². The summed E-state index contributed by atoms with van der Waals surface area (Å²) in [6.07, 6.45) is 2.79. The molecule has 0 aliphatic carbocycles. The van der Waals surface area contributed by atoms with Crippen LogP contribution in [0.5, 0.6) is 0 Å². The summed E-state index contributed by atoms with van der Waals surface area (Å²) in [5.41, 5.74) is 5.12. The number of nitrogens with one attached hydrogen (secondary N) is 1. The van der Waals surface area contributed by atoms with Crippen molar-refractivity contribution in [2.75, 3.05) is 13.6 Å². The van der Waals surface area contributed by atoms with Crippen molar-refractivity contribution in [2.24, 2.45) is 12.8 Å². The summed E-state index contributed by atoms with van der Waals surface area (Å²) in [5.74, 6) is -0.211. The minimum absolute atomic E-state index is 0.0475. The summed E-state index contributed by atoms with van der Waals surface area (Å²) < 4.78 is 26.1. The Kier molecular flexibility index (Phi) is 3.10. The molecule has 0 amide bonds. The van der Waals surface area contributed by atoms with Gasteiger partial charge in [0, 0.05) is 20.3 Å². The fourth-order valence-electron chi connectivity index (χ4n) is 1.01. The Morgan fingerprint density at radius 3 is 2.73 bits per heavy atom. The normalized spacial score (nSPS) is 11.9. The van der Waals surface area contributed by atoms with E-state index in [-0.39, 0.29) is 17.4 Å². The van der Waals surface area contributed by atoms with Crippen LogP contribution in [-0.2, 0) is 17.1 Å². The number of aryl methyl sites for hydroxylation is 1. The Morgan fingerprint density at radius 1 is 1.73 bits per heavy atom. The molecule has 0 spiro atoms. The number of rotatable bonds is 4. The summed E-state index contributed by atoms with van der Waals surface area (Å²) in [6.45, 7) is -0.140. The van der Waals surface area contributed by atoms with Crippen LogP contribution in [0, 0.1) is 5.41 Å². The molecule has 1 heterocycles. The van der Waals surface area contributed by atoms with Crippen LogP contribution in [0.2, 0.25) is 0 Å². The third-order valence-corrected chi connectivity index (χ3v) is 3.44. The molecular formula is C7H13N5O2S. The number of nitrogens with two attached hydrogens (primary N) is 1. The van der Waals surface area contributed by atoms with Crippen molar-refractivity contribution in [3.8, 4) is 0 Å². The fraction of sp³-hybridized carbons (Fsp3) is 0.429. The maximum atomic E-state index is 11.8. The lowest BCUT2D eigenvalue weighted by Gasteiger charge is -2.13. The van der Waals surface area contributed by atoms with Crippen LogP contribution >= 0.6 is 0 Å². The van der Waals surface area contributed by atoms with Gasteiger partial charge in [-0.3, -0.25) is 5.41 Å². The number of amidine groups is 1. The SMILES string of the molecule is CN(CC(=N)N)S(=O)(=O)c1cn(C)cn1. The maximum absolute atomic E-state index is 11.8. The van der Waals surface area contributed by atoms with E-state index >= 15 is 0 Å². The Bertz CT molecular complexity index is 463. The number of hydrogen-bond acceptors (Lipinski definition) is 4. The molecule has 0 aliphatic rings. The van der Waals surface area contributed by atoms with E-state index in [4.69, 9.17) is 11.1 Å². The molecule has 0 radical (unpaired) electrons. The van der Waals surface area contributed by atoms with E-state index in [1.54, 1.807) is 7.05 Å². The monoisotopic (exact) mass is 231 g/mol. The molecular weight excluding hydrogens is 218 g/mol. The molecule has 1 aromatic rings. The Balaban J connectivity index is 2.98. The van der Waals surface area contributed by atoms with Crippen molar-refractivity contribution < 1.29 is 8.42 Å². The molecule has 3 N–H and O–H groups in total. The third-order valence-electron chi connectivity index (χ3n) is 1.75. The van der Waals surface area contributed by atoms with Gasteiger partial charge in [-0.2, -0.15) is 4.31 Å². The second kappa shape index (κ2) is 3.99. The van der Waals surface area contributed by atoms with Gasteiger partial charge in [-0.1, -0.05) is 0 Å². The molecule has 0 aliphatic heterocycles. The first-order valence-electron chi connectivity index (χ1n) is 4.11. The zero-order chi connectivity index (χ0) is 11.6. The average Bonchev–Trinajstić information content (AvgIpc) is 2.50. The van der Waals surface area contributed by atoms with Crippen molar-refractivity contribution in [3.05, 3.63) is 12.5 Å². The lowest BCUT2D eigenvalue weighted by Crippen LogP contribution is -2.35. The molecule has 0 saturated carbocycles. The molecule has 1 aromatic heterocycles. The molecule has 0 fully saturated rings. The minimum atomic E-state index is -3.63. The first kappa shape index (κ1) is 11.7. The number of hydrogen-bond donors (Lipinski definition) is 2. The van der Waals surface area contributed by atoms with Crippen LogP contribution in [0.15, 0.2) is 17.6 Å². The fourth-order valence-corrected chi connectivity index (χ4v) is 2.11. The van der Waals surface area contributed by atoms with Crippen molar-refractivity contribution in [3.63, 3.8) is 0 Å². The van der Waals surface area contributed by atoms with E-state index in [0.717, 1.165) is 4.31 Å². The highest BCUT2D eigenvalue weighted by molar-refractivity contribution is 7.89. The molecule has 0 unspecified atom stereocenters. The minimum Gasteiger partial charge on any atom is -0.387 e. The first-order chi connectivity index (χ1) is 6.84. The van der Waals surface area contributed by atoms with E-state index in [9.17, 15) is 8.42 Å². The summed E-state index contributed by atoms with van der Waals surface area (Å²) in [5, 5.41) is 6.97. The van der Waals surface area contributed by atoms with Crippen molar-refractivity contribution >= 4 is 15.9 Å². The Hall–Kier alpha value is -1.41. The van der Waals surface area contributed by atoms with Gasteiger partial charge in [0.15, 0.2) is 5.03 Å². The van der Waals surface area contributed by atoms with Gasteiger partial charge in [0.1, 0.15) is 5.84 Å². The van der Waals surface area contributed by atoms with E-state index in [2.05, 4.69) is 4.98 Å². The van der Waals surface area contributed by atoms with Crippen LogP contribution < -0.4 is 5.73 Å². The van der Waals surface area contributed by atoms with E-state index < -0.39 is 10.0 Å². The van der Waals surface area contributed by atoms with Crippen LogP contribution in [-0.4, -0.2) is 41.7 Å². The standard InChI is InChI=1S/C7H13N5O2S/c1-11-4-7(10-5-11)15(13,14)12(2)3-6(8)9/h4-5H,3H2,1-2H3,(H3,8,9).